The van der Waals surface area contributed by atoms with Crippen LogP contribution in [-0.4, -0.2) is 155 Å². The van der Waals surface area contributed by atoms with E-state index in [9.17, 15) is 57.5 Å². The number of carbonyl (C=O) groups is 12. The lowest BCUT2D eigenvalue weighted by Crippen LogP contribution is -2.26. The molecule has 2 unspecified atom stereocenters. The first-order valence-corrected chi connectivity index (χ1v) is 46.0. The minimum Gasteiger partial charge on any atom is -0.466 e. The number of hydrogen-bond acceptors (Lipinski definition) is 24. The first-order chi connectivity index (χ1) is 58.0. The molecule has 1 aliphatic carbocycles. The van der Waals surface area contributed by atoms with Crippen molar-refractivity contribution >= 4 is 82.7 Å². The van der Waals surface area contributed by atoms with E-state index >= 15 is 0 Å². The highest BCUT2D eigenvalue weighted by atomic mass is 32.1. The fraction of sp³-hybridized carbons (Fsp3) is 0.735. The summed E-state index contributed by atoms with van der Waals surface area (Å²) in [5.41, 5.74) is 0.988. The van der Waals surface area contributed by atoms with Crippen LogP contribution in [0.1, 0.15) is 339 Å². The minimum atomic E-state index is -0.202. The van der Waals surface area contributed by atoms with Crippen LogP contribution in [-0.2, 0) is 118 Å². The molecule has 1 saturated heterocycles. The van der Waals surface area contributed by atoms with E-state index in [2.05, 4.69) is 49.7 Å². The monoisotopic (exact) mass is 1760 g/mol. The van der Waals surface area contributed by atoms with E-state index in [1.165, 1.54) is 38.5 Å². The van der Waals surface area contributed by atoms with Crippen LogP contribution in [0.2, 0.25) is 0 Å². The lowest BCUT2D eigenvalue weighted by molar-refractivity contribution is -0.150. The summed E-state index contributed by atoms with van der Waals surface area (Å²) in [4.78, 5) is 132. The normalized spacial score (nSPS) is 12.1. The van der Waals surface area contributed by atoms with Crippen LogP contribution in [0, 0.1) is 65.6 Å². The Kier molecular flexibility index (Phi) is 97.3. The Morgan fingerprint density at radius 3 is 1.32 bits per heavy atom. The molecule has 24 nitrogen and oxygen atoms in total. The maximum absolute atomic E-state index is 11.4. The van der Waals surface area contributed by atoms with Gasteiger partial charge in [-0.2, -0.15) is 0 Å². The number of ketones is 1. The van der Waals surface area contributed by atoms with Crippen molar-refractivity contribution in [3.05, 3.63) is 64.9 Å². The van der Waals surface area contributed by atoms with Gasteiger partial charge in [-0.1, -0.05) is 235 Å². The summed E-state index contributed by atoms with van der Waals surface area (Å²) in [5, 5.41) is 1.97. The third-order valence-corrected chi connectivity index (χ3v) is 17.4. The summed E-state index contributed by atoms with van der Waals surface area (Å²) in [6.07, 6.45) is 29.3. The molecule has 1 aromatic heterocycles. The van der Waals surface area contributed by atoms with Crippen molar-refractivity contribution in [2.24, 2.45) is 53.3 Å². The maximum atomic E-state index is 11.4. The number of amides is 1. The van der Waals surface area contributed by atoms with Crippen LogP contribution in [0.25, 0.3) is 0 Å². The smallest absolute Gasteiger partial charge is 0.313 e. The largest absolute Gasteiger partial charge is 0.466 e. The topological polar surface area (TPSA) is 310 Å². The van der Waals surface area contributed by atoms with Gasteiger partial charge in [0.15, 0.2) is 0 Å². The molecule has 0 bridgehead atoms. The van der Waals surface area contributed by atoms with Crippen LogP contribution in [0.3, 0.4) is 0 Å². The Balaban J connectivity index is -0.000000197. The standard InChI is InChI=1S/C13H16O2.C12H24O2.C10H16O2.C9H12O2S.C9H16O2.C8H14O3.C8H16O2.C7H14O2.C6H13NO.C6H12O2.C5H10O2.C5H10O/c1-4-7-11-8-5-6-9-12(11)15-13(14)10(2)3;1-5-7-8-11(6-2)9-14-12(13)10(3)4;1-4-5-6-7-8-12-10(11)9(2)3;1-7(2)9(10)11-6-8-4-3-5-12-8;1-2-9(10)11-8-6-4-3-5-7-8;1-2-8(9)11-6-7-4-3-5-10-7;1-4-5-6-10-8(9)7(2)3;1-3-5-6-9-7(8)4-2;1-5(2)6(8)7(3)4;1-4-8-6(7)5(2)3;1-3-5(6)7-4-2;1-4(2)5(3)6/h4-6,8-10H,1,7H2,2-3H3;10-11H,5-9H2,1-4H3;1,9H,5-8H2,2-3H3;3-5,7H,6H2,1-2H3;8H,2-7H2,1H3;7H,2-6H2,1H3;7H,4-6H2,1-3H3;3-6H2,1-2H3;5H,1-4H3;5H,4H2,1-3H3;3-4H2,1-2H3;4H,1-3H3. The third kappa shape index (κ3) is 93.0. The zero-order valence-electron chi connectivity index (χ0n) is 82.1. The number of ether oxygens (including phenoxy) is 11. The summed E-state index contributed by atoms with van der Waals surface area (Å²) in [6, 6.07) is 11.4. The molecule has 0 radical (unpaired) electrons. The molecule has 0 N–H and O–H groups in total. The van der Waals surface area contributed by atoms with Crippen LogP contribution < -0.4 is 4.74 Å². The van der Waals surface area contributed by atoms with Crippen molar-refractivity contribution in [3.63, 3.8) is 0 Å². The average molecular weight is 1770 g/mol. The highest BCUT2D eigenvalue weighted by Gasteiger charge is 2.19. The number of carbonyl (C=O) groups excluding carboxylic acids is 12. The molecule has 1 amide bonds. The molecule has 123 heavy (non-hydrogen) atoms. The minimum absolute atomic E-state index is 0.00122. The van der Waals surface area contributed by atoms with Gasteiger partial charge in [0.2, 0.25) is 5.91 Å². The number of para-hydroxylation sites is 1. The number of nitrogens with zero attached hydrogens (tertiary/aromatic N) is 1. The number of benzene rings is 1. The van der Waals surface area contributed by atoms with Crippen molar-refractivity contribution < 1.29 is 110 Å². The van der Waals surface area contributed by atoms with Gasteiger partial charge in [-0.05, 0) is 127 Å². The number of thiophene rings is 1. The molecule has 1 aliphatic heterocycles. The number of esters is 10. The molecule has 1 aromatic carbocycles. The van der Waals surface area contributed by atoms with E-state index in [0.717, 1.165) is 94.1 Å². The Morgan fingerprint density at radius 1 is 0.496 bits per heavy atom. The van der Waals surface area contributed by atoms with Crippen molar-refractivity contribution in [2.45, 2.75) is 353 Å². The molecule has 0 spiro atoms. The number of Topliss-reactive ketones (excluding diaryl/α,β-unsaturated/α-hetero) is 1. The van der Waals surface area contributed by atoms with Gasteiger partial charge in [-0.3, -0.25) is 57.5 Å². The Hall–Kier alpha value is -7.98. The zero-order chi connectivity index (χ0) is 96.1. The predicted octanol–water partition coefficient (Wildman–Crippen LogP) is 22.1. The number of terminal acetylenes is 1. The van der Waals surface area contributed by atoms with Gasteiger partial charge in [0.05, 0.1) is 81.3 Å². The van der Waals surface area contributed by atoms with E-state index in [4.69, 9.17) is 49.1 Å². The molecule has 714 valence electrons. The van der Waals surface area contributed by atoms with Crippen molar-refractivity contribution in [1.82, 2.24) is 4.90 Å². The first-order valence-electron chi connectivity index (χ1n) is 45.2. The Bertz CT molecular complexity index is 2980. The van der Waals surface area contributed by atoms with Crippen molar-refractivity contribution in [1.29, 1.82) is 0 Å². The van der Waals surface area contributed by atoms with Crippen molar-refractivity contribution in [3.8, 4) is 18.1 Å². The second-order valence-electron chi connectivity index (χ2n) is 31.3. The lowest BCUT2D eigenvalue weighted by Gasteiger charge is -2.21. The van der Waals surface area contributed by atoms with Crippen LogP contribution >= 0.6 is 11.3 Å². The van der Waals surface area contributed by atoms with Gasteiger partial charge in [-0.25, -0.2) is 0 Å². The molecule has 2 heterocycles. The maximum Gasteiger partial charge on any atom is 0.313 e. The third-order valence-electron chi connectivity index (χ3n) is 16.6. The summed E-state index contributed by atoms with van der Waals surface area (Å²) < 4.78 is 54.7. The van der Waals surface area contributed by atoms with Gasteiger partial charge in [-0.15, -0.1) is 30.3 Å². The number of allylic oxidation sites excluding steroid dienone is 1. The SMILES string of the molecule is C#CCCCCOC(=O)C(C)C.C=CCc1ccccc1OC(=O)C(C)C.CC(=O)C(C)C.CC(C)C(=O)N(C)C.CC(C)C(=O)OCc1cccs1.CCC(=O)OC1CCCCC1.CCC(=O)OCC1CCCO1.CCCCC(CC)COC(=O)C(C)C.CCCCOC(=O)C(C)C.CCCCOC(=O)CC.CCOC(=O)C(C)C.CCOC(=O)CC. The Morgan fingerprint density at radius 2 is 0.943 bits per heavy atom. The van der Waals surface area contributed by atoms with Crippen molar-refractivity contribution in [2.75, 3.05) is 67.0 Å². The molecule has 2 aliphatic rings. The summed E-state index contributed by atoms with van der Waals surface area (Å²) in [5.74, 6) is 3.21. The fourth-order valence-electron chi connectivity index (χ4n) is 8.31. The van der Waals surface area contributed by atoms with E-state index < -0.39 is 0 Å². The quantitative estimate of drug-likeness (QED) is 0.0151. The zero-order valence-corrected chi connectivity index (χ0v) is 82.9. The first kappa shape index (κ1) is 131. The van der Waals surface area contributed by atoms with Gasteiger partial charge >= 0.3 is 59.7 Å². The molecule has 2 aromatic rings. The fourth-order valence-corrected chi connectivity index (χ4v) is 8.93. The van der Waals surface area contributed by atoms with Crippen LogP contribution in [0.5, 0.6) is 5.75 Å². The molecular formula is C98H173NO23S. The van der Waals surface area contributed by atoms with E-state index in [0.29, 0.717) is 96.6 Å². The number of rotatable bonds is 38. The number of hydrogen-bond donors (Lipinski definition) is 0. The molecule has 1 saturated carbocycles. The average Bonchev–Trinajstić information content (AvgIpc) is 1.48. The second-order valence-corrected chi connectivity index (χ2v) is 32.3. The molecule has 2 fully saturated rings. The molecular weight excluding hydrogens is 1590 g/mol. The van der Waals surface area contributed by atoms with Crippen LogP contribution in [0.15, 0.2) is 54.4 Å². The van der Waals surface area contributed by atoms with Gasteiger partial charge in [0, 0.05) is 69.5 Å². The highest BCUT2D eigenvalue weighted by Crippen LogP contribution is 2.22. The van der Waals surface area contributed by atoms with Crippen LogP contribution in [0.4, 0.5) is 0 Å². The number of unbranched alkanes of at least 4 members (excludes halogenated alkanes) is 5. The van der Waals surface area contributed by atoms with Gasteiger partial charge in [0.1, 0.15) is 30.9 Å². The predicted molar refractivity (Wildman–Crippen MR) is 495 cm³/mol. The molecule has 4 rings (SSSR count). The molecule has 2 atom stereocenters. The van der Waals surface area contributed by atoms with Gasteiger partial charge in [0.25, 0.3) is 0 Å². The van der Waals surface area contributed by atoms with E-state index in [1.807, 2.05) is 153 Å². The lowest BCUT2D eigenvalue weighted by atomic mass is 9.98. The summed E-state index contributed by atoms with van der Waals surface area (Å²) >= 11 is 1.60. The molecule has 25 heteroatoms. The summed E-state index contributed by atoms with van der Waals surface area (Å²) in [7, 11) is 3.53. The second kappa shape index (κ2) is 91.7. The Labute approximate surface area is 750 Å². The van der Waals surface area contributed by atoms with Gasteiger partial charge < -0.3 is 57.0 Å². The van der Waals surface area contributed by atoms with E-state index in [1.54, 1.807) is 84.0 Å². The highest BCUT2D eigenvalue weighted by molar-refractivity contribution is 7.09. The summed E-state index contributed by atoms with van der Waals surface area (Å²) in [6.45, 7) is 59.0. The van der Waals surface area contributed by atoms with E-state index in [-0.39, 0.29) is 131 Å².